The summed E-state index contributed by atoms with van der Waals surface area (Å²) in [6, 6.07) is 2.34. The number of esters is 1. The molecule has 0 saturated heterocycles. The van der Waals surface area contributed by atoms with Gasteiger partial charge in [-0.25, -0.2) is 9.59 Å². The van der Waals surface area contributed by atoms with E-state index in [0.29, 0.717) is 0 Å². The molecule has 0 aromatic heterocycles. The Labute approximate surface area is 124 Å². The van der Waals surface area contributed by atoms with E-state index in [1.54, 1.807) is 5.32 Å². The number of methoxy groups -OCH3 is 1. The number of carbonyl (C=O) groups excluding carboxylic acids is 3. The van der Waals surface area contributed by atoms with Crippen molar-refractivity contribution in [3.63, 3.8) is 0 Å². The van der Waals surface area contributed by atoms with Crippen LogP contribution in [0, 0.1) is 10.1 Å². The number of primary amides is 1. The largest absolute Gasteiger partial charge is 0.490 e. The molecular formula is C12H13N3O7. The molecule has 0 aliphatic rings. The van der Waals surface area contributed by atoms with Gasteiger partial charge >= 0.3 is 17.7 Å². The highest BCUT2D eigenvalue weighted by molar-refractivity contribution is 5.98. The lowest BCUT2D eigenvalue weighted by molar-refractivity contribution is -0.385. The second kappa shape index (κ2) is 7.02. The zero-order valence-corrected chi connectivity index (χ0v) is 11.7. The van der Waals surface area contributed by atoms with Crippen molar-refractivity contribution >= 4 is 23.6 Å². The number of rotatable bonds is 5. The molecule has 1 aromatic carbocycles. The third kappa shape index (κ3) is 4.16. The minimum Gasteiger partial charge on any atom is -0.490 e. The third-order valence-corrected chi connectivity index (χ3v) is 2.51. The van der Waals surface area contributed by atoms with E-state index >= 15 is 0 Å². The average Bonchev–Trinajstić information content (AvgIpc) is 2.45. The number of nitro benzene ring substituents is 1. The van der Waals surface area contributed by atoms with Gasteiger partial charge in [0.05, 0.1) is 17.6 Å². The summed E-state index contributed by atoms with van der Waals surface area (Å²) in [5.41, 5.74) is 4.19. The van der Waals surface area contributed by atoms with E-state index in [1.807, 2.05) is 0 Å². The number of urea groups is 1. The van der Waals surface area contributed by atoms with Crippen LogP contribution in [0.25, 0.3) is 0 Å². The number of nitrogens with one attached hydrogen (secondary N) is 1. The van der Waals surface area contributed by atoms with Crippen molar-refractivity contribution in [1.29, 1.82) is 0 Å². The van der Waals surface area contributed by atoms with Crippen molar-refractivity contribution in [2.45, 2.75) is 13.0 Å². The van der Waals surface area contributed by atoms with E-state index in [1.165, 1.54) is 26.2 Å². The van der Waals surface area contributed by atoms with Crippen molar-refractivity contribution in [3.05, 3.63) is 33.9 Å². The van der Waals surface area contributed by atoms with Gasteiger partial charge in [0.2, 0.25) is 0 Å². The quantitative estimate of drug-likeness (QED) is 0.452. The van der Waals surface area contributed by atoms with Crippen molar-refractivity contribution in [2.24, 2.45) is 5.73 Å². The molecule has 0 bridgehead atoms. The highest BCUT2D eigenvalue weighted by Gasteiger charge is 2.23. The fraction of sp³-hybridized carbons (Fsp3) is 0.250. The van der Waals surface area contributed by atoms with Crippen LogP contribution >= 0.6 is 0 Å². The van der Waals surface area contributed by atoms with Gasteiger partial charge in [-0.2, -0.15) is 0 Å². The summed E-state index contributed by atoms with van der Waals surface area (Å²) in [7, 11) is 1.25. The summed E-state index contributed by atoms with van der Waals surface area (Å²) in [6.45, 7) is 1.22. The number of hydrogen-bond donors (Lipinski definition) is 2. The lowest BCUT2D eigenvalue weighted by Gasteiger charge is -2.12. The lowest BCUT2D eigenvalue weighted by Crippen LogP contribution is -2.42. The predicted octanol–water partition coefficient (Wildman–Crippen LogP) is 0.344. The number of hydrogen-bond acceptors (Lipinski definition) is 7. The van der Waals surface area contributed by atoms with Crippen molar-refractivity contribution in [2.75, 3.05) is 7.11 Å². The maximum atomic E-state index is 11.8. The molecule has 0 aliphatic heterocycles. The molecule has 0 aliphatic carbocycles. The van der Waals surface area contributed by atoms with Gasteiger partial charge in [-0.05, 0) is 19.1 Å². The van der Waals surface area contributed by atoms with Crippen LogP contribution < -0.4 is 15.8 Å². The molecule has 0 radical (unpaired) electrons. The van der Waals surface area contributed by atoms with E-state index in [4.69, 9.17) is 15.2 Å². The van der Waals surface area contributed by atoms with Gasteiger partial charge in [0.15, 0.2) is 11.9 Å². The molecule has 1 rings (SSSR count). The molecule has 1 aromatic rings. The highest BCUT2D eigenvalue weighted by atomic mass is 16.6. The van der Waals surface area contributed by atoms with E-state index in [2.05, 4.69) is 0 Å². The first-order chi connectivity index (χ1) is 10.3. The number of carbonyl (C=O) groups is 3. The zero-order valence-electron chi connectivity index (χ0n) is 11.7. The van der Waals surface area contributed by atoms with Gasteiger partial charge < -0.3 is 15.2 Å². The normalized spacial score (nSPS) is 11.2. The smallest absolute Gasteiger partial charge is 0.339 e. The first-order valence-corrected chi connectivity index (χ1v) is 5.90. The predicted molar refractivity (Wildman–Crippen MR) is 72.3 cm³/mol. The molecular weight excluding hydrogens is 298 g/mol. The number of nitrogens with two attached hydrogens (primary N) is 1. The van der Waals surface area contributed by atoms with Gasteiger partial charge in [-0.15, -0.1) is 0 Å². The summed E-state index contributed by atoms with van der Waals surface area (Å²) >= 11 is 0. The fourth-order valence-corrected chi connectivity index (χ4v) is 1.46. The fourth-order valence-electron chi connectivity index (χ4n) is 1.46. The van der Waals surface area contributed by atoms with E-state index in [9.17, 15) is 24.5 Å². The van der Waals surface area contributed by atoms with Gasteiger partial charge in [-0.1, -0.05) is 0 Å². The number of nitro groups is 1. The zero-order chi connectivity index (χ0) is 16.9. The van der Waals surface area contributed by atoms with Crippen LogP contribution in [-0.2, 0) is 9.53 Å². The molecule has 0 heterocycles. The first-order valence-electron chi connectivity index (χ1n) is 5.90. The third-order valence-electron chi connectivity index (χ3n) is 2.51. The Morgan fingerprint density at radius 2 is 2.00 bits per heavy atom. The summed E-state index contributed by atoms with van der Waals surface area (Å²) in [5.74, 6) is -1.91. The van der Waals surface area contributed by atoms with E-state index in [-0.39, 0.29) is 11.3 Å². The van der Waals surface area contributed by atoms with Crippen LogP contribution in [0.1, 0.15) is 17.3 Å². The van der Waals surface area contributed by atoms with Crippen LogP contribution in [0.3, 0.4) is 0 Å². The molecule has 118 valence electrons. The van der Waals surface area contributed by atoms with Crippen LogP contribution in [0.5, 0.6) is 5.75 Å². The Bertz CT molecular complexity index is 629. The lowest BCUT2D eigenvalue weighted by atomic mass is 10.2. The maximum Gasteiger partial charge on any atom is 0.339 e. The number of benzene rings is 1. The molecule has 10 nitrogen and oxygen atoms in total. The van der Waals surface area contributed by atoms with Crippen molar-refractivity contribution in [3.8, 4) is 5.75 Å². The Kier molecular flexibility index (Phi) is 5.38. The number of imide groups is 1. The van der Waals surface area contributed by atoms with Crippen molar-refractivity contribution < 1.29 is 28.8 Å². The van der Waals surface area contributed by atoms with Gasteiger partial charge in [0.25, 0.3) is 5.91 Å². The molecule has 22 heavy (non-hydrogen) atoms. The summed E-state index contributed by atoms with van der Waals surface area (Å²) in [6.07, 6.45) is -1.30. The second-order valence-corrected chi connectivity index (χ2v) is 4.04. The van der Waals surface area contributed by atoms with E-state index in [0.717, 1.165) is 6.07 Å². The number of amides is 3. The molecule has 1 atom stereocenters. The molecule has 0 spiro atoms. The second-order valence-electron chi connectivity index (χ2n) is 4.04. The number of ether oxygens (including phenoxy) is 2. The summed E-state index contributed by atoms with van der Waals surface area (Å²) < 4.78 is 9.58. The summed E-state index contributed by atoms with van der Waals surface area (Å²) in [4.78, 5) is 43.9. The van der Waals surface area contributed by atoms with Gasteiger partial charge in [0, 0.05) is 6.07 Å². The van der Waals surface area contributed by atoms with Crippen LogP contribution in [0.4, 0.5) is 10.5 Å². The monoisotopic (exact) mass is 311 g/mol. The van der Waals surface area contributed by atoms with E-state index < -0.39 is 34.6 Å². The topological polar surface area (TPSA) is 151 Å². The Morgan fingerprint density at radius 3 is 2.50 bits per heavy atom. The van der Waals surface area contributed by atoms with Crippen LogP contribution in [0.2, 0.25) is 0 Å². The molecule has 3 N–H and O–H groups in total. The molecule has 3 amide bonds. The Hall–Kier alpha value is -3.17. The molecule has 0 saturated carbocycles. The molecule has 10 heteroatoms. The van der Waals surface area contributed by atoms with Gasteiger partial charge in [0.1, 0.15) is 0 Å². The highest BCUT2D eigenvalue weighted by Crippen LogP contribution is 2.27. The number of nitrogens with zero attached hydrogens (tertiary/aromatic N) is 1. The standard InChI is InChI=1S/C12H13N3O7/c1-6(10(16)14-12(13)18)22-11(17)7-3-4-9(21-2)8(5-7)15(19)20/h3-6H,1-2H3,(H3,13,14,16,18)/t6-/m1/s1. The minimum atomic E-state index is -1.30. The molecule has 0 unspecified atom stereocenters. The maximum absolute atomic E-state index is 11.8. The Morgan fingerprint density at radius 1 is 1.36 bits per heavy atom. The van der Waals surface area contributed by atoms with Crippen LogP contribution in [-0.4, -0.2) is 36.0 Å². The van der Waals surface area contributed by atoms with Gasteiger partial charge in [-0.3, -0.25) is 20.2 Å². The van der Waals surface area contributed by atoms with Crippen LogP contribution in [0.15, 0.2) is 18.2 Å². The first kappa shape index (κ1) is 16.9. The average molecular weight is 311 g/mol. The minimum absolute atomic E-state index is 0.0268. The Balaban J connectivity index is 2.90. The molecule has 0 fully saturated rings. The van der Waals surface area contributed by atoms with Crippen molar-refractivity contribution in [1.82, 2.24) is 5.32 Å². The SMILES string of the molecule is COc1ccc(C(=O)O[C@H](C)C(=O)NC(N)=O)cc1[N+](=O)[O-]. The summed E-state index contributed by atoms with van der Waals surface area (Å²) in [5, 5.41) is 12.6.